The molecule has 0 radical (unpaired) electrons. The molecule has 4 rings (SSSR count). The van der Waals surface area contributed by atoms with E-state index >= 15 is 0 Å². The topological polar surface area (TPSA) is 89.6 Å². The maximum atomic E-state index is 12.6. The van der Waals surface area contributed by atoms with Gasteiger partial charge in [-0.25, -0.2) is 13.4 Å². The lowest BCUT2D eigenvalue weighted by molar-refractivity contribution is 0.171. The summed E-state index contributed by atoms with van der Waals surface area (Å²) in [6.07, 6.45) is 1.48. The van der Waals surface area contributed by atoms with Gasteiger partial charge in [-0.2, -0.15) is 0 Å². The maximum Gasteiger partial charge on any atom is 0.262 e. The van der Waals surface area contributed by atoms with Crippen molar-refractivity contribution in [2.24, 2.45) is 0 Å². The summed E-state index contributed by atoms with van der Waals surface area (Å²) in [5.74, 6) is 1.62. The number of benzene rings is 2. The van der Waals surface area contributed by atoms with Gasteiger partial charge in [-0.3, -0.25) is 4.72 Å². The van der Waals surface area contributed by atoms with Gasteiger partial charge in [0.25, 0.3) is 10.0 Å². The molecule has 0 aliphatic carbocycles. The highest BCUT2D eigenvalue weighted by atomic mass is 32.2. The van der Waals surface area contributed by atoms with Crippen molar-refractivity contribution >= 4 is 21.5 Å². The van der Waals surface area contributed by atoms with Gasteiger partial charge in [0.1, 0.15) is 19.0 Å². The fraction of sp³-hybridized carbons (Fsp3) is 0.150. The summed E-state index contributed by atoms with van der Waals surface area (Å²) in [4.78, 5) is 4.36. The van der Waals surface area contributed by atoms with Gasteiger partial charge in [0.2, 0.25) is 0 Å². The molecule has 0 saturated heterocycles. The minimum atomic E-state index is -3.76. The number of fused-ring (bicyclic) bond motifs is 1. The Hall–Kier alpha value is -3.26. The van der Waals surface area contributed by atoms with Crippen molar-refractivity contribution in [2.75, 3.05) is 23.3 Å². The van der Waals surface area contributed by atoms with Crippen LogP contribution in [0.3, 0.4) is 0 Å². The molecule has 7 nitrogen and oxygen atoms in total. The molecule has 1 aliphatic heterocycles. The van der Waals surface area contributed by atoms with E-state index in [4.69, 9.17) is 9.47 Å². The van der Waals surface area contributed by atoms with Crippen LogP contribution in [0.15, 0.2) is 71.8 Å². The molecule has 8 heteroatoms. The smallest absolute Gasteiger partial charge is 0.262 e. The summed E-state index contributed by atoms with van der Waals surface area (Å²) in [6, 6.07) is 17.9. The van der Waals surface area contributed by atoms with Crippen LogP contribution < -0.4 is 19.5 Å². The van der Waals surface area contributed by atoms with Crippen LogP contribution in [-0.2, 0) is 16.6 Å². The number of pyridine rings is 1. The molecule has 1 aromatic heterocycles. The predicted octanol–water partition coefficient (Wildman–Crippen LogP) is 3.27. The Labute approximate surface area is 163 Å². The molecule has 0 unspecified atom stereocenters. The number of hydrogen-bond acceptors (Lipinski definition) is 6. The van der Waals surface area contributed by atoms with E-state index in [1.54, 1.807) is 18.2 Å². The zero-order valence-electron chi connectivity index (χ0n) is 15.0. The SMILES string of the molecule is O=S(=O)(Nc1ccc(NCc2ccccc2)nc1)c1ccc2c(c1)OCCO2. The number of sulfonamides is 1. The zero-order chi connectivity index (χ0) is 19.4. The summed E-state index contributed by atoms with van der Waals surface area (Å²) < 4.78 is 38.7. The van der Waals surface area contributed by atoms with Crippen LogP contribution in [0.1, 0.15) is 5.56 Å². The van der Waals surface area contributed by atoms with Crippen molar-refractivity contribution in [3.63, 3.8) is 0 Å². The molecular formula is C20H19N3O4S. The molecular weight excluding hydrogens is 378 g/mol. The lowest BCUT2D eigenvalue weighted by Gasteiger charge is -2.19. The number of nitrogens with zero attached hydrogens (tertiary/aromatic N) is 1. The minimum absolute atomic E-state index is 0.100. The van der Waals surface area contributed by atoms with E-state index in [0.717, 1.165) is 5.56 Å². The number of hydrogen-bond donors (Lipinski definition) is 2. The molecule has 28 heavy (non-hydrogen) atoms. The molecule has 0 bridgehead atoms. The standard InChI is InChI=1S/C20H19N3O4S/c24-28(25,17-7-8-18-19(12-17)27-11-10-26-18)23-16-6-9-20(22-14-16)21-13-15-4-2-1-3-5-15/h1-9,12,14,23H,10-11,13H2,(H,21,22). The van der Waals surface area contributed by atoms with Crippen molar-refractivity contribution in [1.82, 2.24) is 4.98 Å². The summed E-state index contributed by atoms with van der Waals surface area (Å²) in [5.41, 5.74) is 1.51. The molecule has 0 fully saturated rings. The second-order valence-corrected chi connectivity index (χ2v) is 7.86. The largest absolute Gasteiger partial charge is 0.486 e. The van der Waals surface area contributed by atoms with Gasteiger partial charge < -0.3 is 14.8 Å². The average molecular weight is 397 g/mol. The van der Waals surface area contributed by atoms with E-state index in [1.165, 1.54) is 18.3 Å². The van der Waals surface area contributed by atoms with E-state index in [2.05, 4.69) is 15.0 Å². The summed E-state index contributed by atoms with van der Waals surface area (Å²) in [6.45, 7) is 1.48. The first-order valence-electron chi connectivity index (χ1n) is 8.76. The summed E-state index contributed by atoms with van der Waals surface area (Å²) in [7, 11) is -3.76. The number of nitrogens with one attached hydrogen (secondary N) is 2. The van der Waals surface area contributed by atoms with Gasteiger partial charge in [-0.15, -0.1) is 0 Å². The maximum absolute atomic E-state index is 12.6. The van der Waals surface area contributed by atoms with Crippen LogP contribution in [0.5, 0.6) is 11.5 Å². The number of anilines is 2. The molecule has 2 heterocycles. The Morgan fingerprint density at radius 1 is 0.929 bits per heavy atom. The van der Waals surface area contributed by atoms with Crippen LogP contribution in [-0.4, -0.2) is 26.6 Å². The third-order valence-electron chi connectivity index (χ3n) is 4.16. The predicted molar refractivity (Wildman–Crippen MR) is 106 cm³/mol. The van der Waals surface area contributed by atoms with Gasteiger partial charge in [0, 0.05) is 12.6 Å². The van der Waals surface area contributed by atoms with Crippen molar-refractivity contribution in [2.45, 2.75) is 11.4 Å². The van der Waals surface area contributed by atoms with Gasteiger partial charge in [0.05, 0.1) is 16.8 Å². The Morgan fingerprint density at radius 3 is 2.46 bits per heavy atom. The van der Waals surface area contributed by atoms with Crippen LogP contribution >= 0.6 is 0 Å². The van der Waals surface area contributed by atoms with Gasteiger partial charge in [-0.05, 0) is 29.8 Å². The first-order valence-corrected chi connectivity index (χ1v) is 10.2. The number of rotatable bonds is 6. The van der Waals surface area contributed by atoms with E-state index in [-0.39, 0.29) is 4.90 Å². The number of aromatic nitrogens is 1. The Kier molecular flexibility index (Phi) is 5.03. The van der Waals surface area contributed by atoms with Crippen LogP contribution in [0, 0.1) is 0 Å². The van der Waals surface area contributed by atoms with Crippen molar-refractivity contribution < 1.29 is 17.9 Å². The second-order valence-electron chi connectivity index (χ2n) is 6.18. The Balaban J connectivity index is 1.43. The first-order chi connectivity index (χ1) is 13.6. The van der Waals surface area contributed by atoms with Crippen LogP contribution in [0.4, 0.5) is 11.5 Å². The fourth-order valence-corrected chi connectivity index (χ4v) is 3.81. The Bertz CT molecular complexity index is 1050. The van der Waals surface area contributed by atoms with Gasteiger partial charge in [0.15, 0.2) is 11.5 Å². The van der Waals surface area contributed by atoms with Crippen LogP contribution in [0.25, 0.3) is 0 Å². The fourth-order valence-electron chi connectivity index (χ4n) is 2.75. The van der Waals surface area contributed by atoms with E-state index in [0.29, 0.717) is 42.8 Å². The van der Waals surface area contributed by atoms with Gasteiger partial charge >= 0.3 is 0 Å². The first kappa shape index (κ1) is 18.1. The van der Waals surface area contributed by atoms with Crippen molar-refractivity contribution in [3.05, 3.63) is 72.4 Å². The second kappa shape index (κ2) is 7.77. The molecule has 2 N–H and O–H groups in total. The minimum Gasteiger partial charge on any atom is -0.486 e. The highest BCUT2D eigenvalue weighted by molar-refractivity contribution is 7.92. The molecule has 0 amide bonds. The highest BCUT2D eigenvalue weighted by Gasteiger charge is 2.19. The highest BCUT2D eigenvalue weighted by Crippen LogP contribution is 2.32. The molecule has 1 aliphatic rings. The third kappa shape index (κ3) is 4.17. The molecule has 0 saturated carbocycles. The van der Waals surface area contributed by atoms with Gasteiger partial charge in [-0.1, -0.05) is 30.3 Å². The molecule has 3 aromatic rings. The zero-order valence-corrected chi connectivity index (χ0v) is 15.8. The lowest BCUT2D eigenvalue weighted by Crippen LogP contribution is -2.17. The normalized spacial score (nSPS) is 13.0. The monoisotopic (exact) mass is 397 g/mol. The average Bonchev–Trinajstić information content (AvgIpc) is 2.73. The molecule has 0 atom stereocenters. The van der Waals surface area contributed by atoms with Crippen molar-refractivity contribution in [3.8, 4) is 11.5 Å². The summed E-state index contributed by atoms with van der Waals surface area (Å²) >= 11 is 0. The van der Waals surface area contributed by atoms with Crippen molar-refractivity contribution in [1.29, 1.82) is 0 Å². The van der Waals surface area contributed by atoms with E-state index < -0.39 is 10.0 Å². The third-order valence-corrected chi connectivity index (χ3v) is 5.54. The quantitative estimate of drug-likeness (QED) is 0.664. The number of ether oxygens (including phenoxy) is 2. The van der Waals surface area contributed by atoms with Crippen LogP contribution in [0.2, 0.25) is 0 Å². The lowest BCUT2D eigenvalue weighted by atomic mass is 10.2. The molecule has 144 valence electrons. The Morgan fingerprint density at radius 2 is 1.71 bits per heavy atom. The molecule has 2 aromatic carbocycles. The van der Waals surface area contributed by atoms with E-state index in [9.17, 15) is 8.42 Å². The summed E-state index contributed by atoms with van der Waals surface area (Å²) in [5, 5.41) is 3.20. The molecule has 0 spiro atoms. The van der Waals surface area contributed by atoms with E-state index in [1.807, 2.05) is 30.3 Å².